The maximum absolute atomic E-state index is 13.0. The van der Waals surface area contributed by atoms with Gasteiger partial charge in [-0.25, -0.2) is 34.8 Å². The molecule has 0 radical (unpaired) electrons. The summed E-state index contributed by atoms with van der Waals surface area (Å²) in [5.41, 5.74) is -5.52. The molecule has 4 atom stereocenters. The van der Waals surface area contributed by atoms with E-state index in [-0.39, 0.29) is 18.9 Å². The van der Waals surface area contributed by atoms with Gasteiger partial charge in [-0.1, -0.05) is 0 Å². The summed E-state index contributed by atoms with van der Waals surface area (Å²) in [6.07, 6.45) is -19.1. The third kappa shape index (κ3) is 4.89. The summed E-state index contributed by atoms with van der Waals surface area (Å²) in [6, 6.07) is 0. The SMILES string of the molecule is O=S(=O)([O-])C(F)C(F)(F)C(F)(F)C(F)(F)C(F)C(F)C(F)C(F)F.[Li+]. The standard InChI is InChI=1S/C8H6F12O3S.Li/c9-1(2(10)4(12)13)3(11)6(15,16)8(19,20)7(17,18)5(14)24(21,22)23;/h1-5H,(H,21,22,23);/q;+1/p-1. The molecule has 17 heteroatoms. The van der Waals surface area contributed by atoms with Crippen molar-refractivity contribution in [2.75, 3.05) is 0 Å². The van der Waals surface area contributed by atoms with E-state index in [1.165, 1.54) is 0 Å². The zero-order chi connectivity index (χ0) is 19.9. The molecule has 146 valence electrons. The van der Waals surface area contributed by atoms with Gasteiger partial charge in [-0.05, 0) is 0 Å². The minimum absolute atomic E-state index is 0. The first-order chi connectivity index (χ1) is 10.3. The van der Waals surface area contributed by atoms with Gasteiger partial charge in [0.15, 0.2) is 12.3 Å². The maximum Gasteiger partial charge on any atom is 1.00 e. The summed E-state index contributed by atoms with van der Waals surface area (Å²) in [5, 5.41) is 0. The van der Waals surface area contributed by atoms with E-state index in [4.69, 9.17) is 0 Å². The zero-order valence-corrected chi connectivity index (χ0v) is 12.4. The zero-order valence-electron chi connectivity index (χ0n) is 11.6. The fourth-order valence-corrected chi connectivity index (χ4v) is 1.73. The van der Waals surface area contributed by atoms with Crippen LogP contribution in [0.3, 0.4) is 0 Å². The topological polar surface area (TPSA) is 57.2 Å². The van der Waals surface area contributed by atoms with Gasteiger partial charge in [0.2, 0.25) is 6.17 Å². The van der Waals surface area contributed by atoms with Crippen LogP contribution in [0.25, 0.3) is 0 Å². The molecule has 0 heterocycles. The normalized spacial score (nSPS) is 19.1. The van der Waals surface area contributed by atoms with Crippen molar-refractivity contribution in [2.24, 2.45) is 0 Å². The van der Waals surface area contributed by atoms with Gasteiger partial charge >= 0.3 is 36.6 Å². The van der Waals surface area contributed by atoms with Crippen molar-refractivity contribution in [3.8, 4) is 0 Å². The van der Waals surface area contributed by atoms with Crippen LogP contribution in [0.4, 0.5) is 52.7 Å². The monoisotopic (exact) mass is 416 g/mol. The fourth-order valence-electron chi connectivity index (χ4n) is 1.22. The second-order valence-corrected chi connectivity index (χ2v) is 5.65. The van der Waals surface area contributed by atoms with Gasteiger partial charge in [0, 0.05) is 0 Å². The molecule has 0 aromatic rings. The molecule has 0 aromatic heterocycles. The number of halogens is 12. The van der Waals surface area contributed by atoms with Crippen molar-refractivity contribution in [2.45, 2.75) is 48.2 Å². The number of rotatable bonds is 8. The number of alkyl halides is 12. The first kappa shape index (κ1) is 26.9. The van der Waals surface area contributed by atoms with Gasteiger partial charge in [-0.2, -0.15) is 26.3 Å². The van der Waals surface area contributed by atoms with Crippen LogP contribution in [0.15, 0.2) is 0 Å². The molecule has 0 amide bonds. The minimum atomic E-state index is -7.40. The molecule has 0 aliphatic heterocycles. The largest absolute Gasteiger partial charge is 1.00 e. The summed E-state index contributed by atoms with van der Waals surface area (Å²) in [4.78, 5) is 0. The van der Waals surface area contributed by atoms with Crippen molar-refractivity contribution < 1.29 is 84.5 Å². The molecule has 0 N–H and O–H groups in total. The predicted octanol–water partition coefficient (Wildman–Crippen LogP) is 0.0165. The van der Waals surface area contributed by atoms with E-state index in [0.29, 0.717) is 0 Å². The molecule has 25 heavy (non-hydrogen) atoms. The van der Waals surface area contributed by atoms with Gasteiger partial charge in [0.05, 0.1) is 0 Å². The van der Waals surface area contributed by atoms with Crippen LogP contribution < -0.4 is 18.9 Å². The Kier molecular flexibility index (Phi) is 8.75. The average Bonchev–Trinajstić information content (AvgIpc) is 2.42. The third-order valence-corrected chi connectivity index (χ3v) is 3.35. The Bertz CT molecular complexity index is 540. The van der Waals surface area contributed by atoms with E-state index >= 15 is 0 Å². The van der Waals surface area contributed by atoms with Crippen LogP contribution in [0, 0.1) is 0 Å². The molecule has 0 aliphatic rings. The Morgan fingerprint density at radius 1 is 0.720 bits per heavy atom. The van der Waals surface area contributed by atoms with Crippen molar-refractivity contribution in [3.63, 3.8) is 0 Å². The van der Waals surface area contributed by atoms with Crippen LogP contribution in [0.1, 0.15) is 0 Å². The number of hydrogen-bond acceptors (Lipinski definition) is 3. The average molecular weight is 416 g/mol. The smallest absolute Gasteiger partial charge is 0.746 e. The van der Waals surface area contributed by atoms with Crippen LogP contribution in [-0.2, 0) is 10.1 Å². The summed E-state index contributed by atoms with van der Waals surface area (Å²) in [5.74, 6) is -21.6. The van der Waals surface area contributed by atoms with E-state index < -0.39 is 58.3 Å². The first-order valence-corrected chi connectivity index (χ1v) is 6.73. The third-order valence-electron chi connectivity index (χ3n) is 2.55. The quantitative estimate of drug-likeness (QED) is 0.319. The van der Waals surface area contributed by atoms with E-state index in [2.05, 4.69) is 0 Å². The van der Waals surface area contributed by atoms with Crippen molar-refractivity contribution >= 4 is 10.1 Å². The van der Waals surface area contributed by atoms with Gasteiger partial charge in [-0.15, -0.1) is 0 Å². The van der Waals surface area contributed by atoms with Crippen LogP contribution in [-0.4, -0.2) is 61.2 Å². The molecule has 0 bridgehead atoms. The maximum atomic E-state index is 13.0. The molecule has 3 nitrogen and oxygen atoms in total. The Labute approximate surface area is 143 Å². The summed E-state index contributed by atoms with van der Waals surface area (Å²) >= 11 is 0. The fraction of sp³-hybridized carbons (Fsp3) is 1.00. The molecule has 4 unspecified atom stereocenters. The van der Waals surface area contributed by atoms with Crippen molar-refractivity contribution in [3.05, 3.63) is 0 Å². The molecule has 0 saturated carbocycles. The molecule has 0 spiro atoms. The van der Waals surface area contributed by atoms with Gasteiger partial charge in [-0.3, -0.25) is 0 Å². The van der Waals surface area contributed by atoms with E-state index in [9.17, 15) is 65.7 Å². The summed E-state index contributed by atoms with van der Waals surface area (Å²) < 4.78 is 181. The summed E-state index contributed by atoms with van der Waals surface area (Å²) in [6.45, 7) is 0. The summed E-state index contributed by atoms with van der Waals surface area (Å²) in [7, 11) is -6.97. The Balaban J connectivity index is 0. The van der Waals surface area contributed by atoms with Crippen molar-refractivity contribution in [1.29, 1.82) is 0 Å². The minimum Gasteiger partial charge on any atom is -0.746 e. The Morgan fingerprint density at radius 3 is 1.36 bits per heavy atom. The van der Waals surface area contributed by atoms with Gasteiger partial charge < -0.3 is 4.55 Å². The molecule has 0 rings (SSSR count). The Morgan fingerprint density at radius 2 is 1.08 bits per heavy atom. The van der Waals surface area contributed by atoms with Gasteiger partial charge in [0.1, 0.15) is 10.1 Å². The molecule has 0 aliphatic carbocycles. The second kappa shape index (κ2) is 8.13. The van der Waals surface area contributed by atoms with Crippen molar-refractivity contribution in [1.82, 2.24) is 0 Å². The van der Waals surface area contributed by atoms with Gasteiger partial charge in [0.25, 0.3) is 11.9 Å². The van der Waals surface area contributed by atoms with Crippen LogP contribution in [0.2, 0.25) is 0 Å². The molecule has 0 aromatic carbocycles. The van der Waals surface area contributed by atoms with Crippen LogP contribution in [0.5, 0.6) is 0 Å². The Hall–Kier alpha value is -0.333. The first-order valence-electron chi connectivity index (χ1n) is 5.26. The van der Waals surface area contributed by atoms with Crippen LogP contribution >= 0.6 is 0 Å². The van der Waals surface area contributed by atoms with E-state index in [0.717, 1.165) is 0 Å². The van der Waals surface area contributed by atoms with E-state index in [1.54, 1.807) is 0 Å². The predicted molar refractivity (Wildman–Crippen MR) is 50.1 cm³/mol. The number of hydrogen-bond donors (Lipinski definition) is 0. The van der Waals surface area contributed by atoms with E-state index in [1.807, 2.05) is 0 Å². The molecule has 0 fully saturated rings. The second-order valence-electron chi connectivity index (χ2n) is 4.25. The molecule has 0 saturated heterocycles. The molecular weight excluding hydrogens is 411 g/mol. The molecular formula is C8H5F12LiO3S.